The fraction of sp³-hybridized carbons (Fsp3) is 0.286. The number of pyridine rings is 1. The van der Waals surface area contributed by atoms with Gasteiger partial charge in [-0.3, -0.25) is 0 Å². The van der Waals surface area contributed by atoms with Gasteiger partial charge in [-0.1, -0.05) is 17.7 Å². The number of nitrogens with zero attached hydrogens (tertiary/aromatic N) is 1. The SMILES string of the molecule is N[C@H](CF)c1ccc(Cl)nc1. The molecule has 60 valence electrons. The van der Waals surface area contributed by atoms with Crippen molar-refractivity contribution in [1.29, 1.82) is 0 Å². The van der Waals surface area contributed by atoms with Crippen molar-refractivity contribution in [1.82, 2.24) is 4.98 Å². The van der Waals surface area contributed by atoms with Crippen LogP contribution in [0.3, 0.4) is 0 Å². The van der Waals surface area contributed by atoms with E-state index in [1.165, 1.54) is 6.20 Å². The van der Waals surface area contributed by atoms with Crippen LogP contribution in [-0.2, 0) is 0 Å². The summed E-state index contributed by atoms with van der Waals surface area (Å²) in [6.45, 7) is -0.580. The summed E-state index contributed by atoms with van der Waals surface area (Å²) in [6.07, 6.45) is 1.48. The van der Waals surface area contributed by atoms with Crippen molar-refractivity contribution in [2.45, 2.75) is 6.04 Å². The number of alkyl halides is 1. The largest absolute Gasteiger partial charge is 0.322 e. The molecule has 0 bridgehead atoms. The Morgan fingerprint density at radius 3 is 2.82 bits per heavy atom. The number of aromatic nitrogens is 1. The molecule has 0 fully saturated rings. The summed E-state index contributed by atoms with van der Waals surface area (Å²) in [6, 6.07) is 2.67. The van der Waals surface area contributed by atoms with Crippen molar-refractivity contribution in [2.75, 3.05) is 6.67 Å². The lowest BCUT2D eigenvalue weighted by Crippen LogP contribution is -2.12. The lowest BCUT2D eigenvalue weighted by Gasteiger charge is -2.05. The molecule has 0 amide bonds. The fourth-order valence-corrected chi connectivity index (χ4v) is 0.807. The standard InChI is InChI=1S/C7H8ClFN2/c8-7-2-1-5(4-11-7)6(10)3-9/h1-2,4,6H,3,10H2/t6-/m1/s1. The molecule has 11 heavy (non-hydrogen) atoms. The van der Waals surface area contributed by atoms with Gasteiger partial charge < -0.3 is 5.73 Å². The molecule has 1 atom stereocenters. The molecule has 2 N–H and O–H groups in total. The summed E-state index contributed by atoms with van der Waals surface area (Å²) < 4.78 is 12.0. The van der Waals surface area contributed by atoms with Crippen molar-refractivity contribution in [3.05, 3.63) is 29.0 Å². The average Bonchev–Trinajstić information content (AvgIpc) is 2.05. The number of hydrogen-bond donors (Lipinski definition) is 1. The van der Waals surface area contributed by atoms with Crippen LogP contribution in [0.5, 0.6) is 0 Å². The Labute approximate surface area is 69.2 Å². The molecule has 1 aromatic rings. The predicted octanol–water partition coefficient (Wildman–Crippen LogP) is 1.70. The second kappa shape index (κ2) is 3.64. The number of hydrogen-bond acceptors (Lipinski definition) is 2. The minimum atomic E-state index is -0.584. The van der Waals surface area contributed by atoms with Crippen molar-refractivity contribution in [3.63, 3.8) is 0 Å². The van der Waals surface area contributed by atoms with Gasteiger partial charge in [0.1, 0.15) is 11.8 Å². The Morgan fingerprint density at radius 1 is 1.64 bits per heavy atom. The molecular formula is C7H8ClFN2. The van der Waals surface area contributed by atoms with Crippen molar-refractivity contribution in [3.8, 4) is 0 Å². The van der Waals surface area contributed by atoms with Crippen molar-refractivity contribution < 1.29 is 4.39 Å². The van der Waals surface area contributed by atoms with Gasteiger partial charge in [-0.05, 0) is 11.6 Å². The maximum absolute atomic E-state index is 12.0. The van der Waals surface area contributed by atoms with Gasteiger partial charge in [0.2, 0.25) is 0 Å². The Kier molecular flexibility index (Phi) is 2.79. The smallest absolute Gasteiger partial charge is 0.129 e. The average molecular weight is 175 g/mol. The normalized spacial score (nSPS) is 13.0. The number of nitrogens with two attached hydrogens (primary N) is 1. The van der Waals surface area contributed by atoms with E-state index in [0.717, 1.165) is 0 Å². The monoisotopic (exact) mass is 174 g/mol. The summed E-state index contributed by atoms with van der Waals surface area (Å²) in [5.74, 6) is 0. The molecule has 1 rings (SSSR count). The Balaban J connectivity index is 2.81. The summed E-state index contributed by atoms with van der Waals surface area (Å²) >= 11 is 5.51. The second-order valence-electron chi connectivity index (χ2n) is 2.18. The molecule has 0 radical (unpaired) electrons. The summed E-state index contributed by atoms with van der Waals surface area (Å²) in [5.41, 5.74) is 6.05. The van der Waals surface area contributed by atoms with E-state index in [1.807, 2.05) is 0 Å². The van der Waals surface area contributed by atoms with Crippen LogP contribution in [-0.4, -0.2) is 11.7 Å². The zero-order valence-electron chi connectivity index (χ0n) is 5.80. The van der Waals surface area contributed by atoms with Gasteiger partial charge in [0.15, 0.2) is 0 Å². The molecule has 0 unspecified atom stereocenters. The Bertz CT molecular complexity index is 224. The zero-order chi connectivity index (χ0) is 8.27. The highest BCUT2D eigenvalue weighted by molar-refractivity contribution is 6.29. The molecule has 0 spiro atoms. The van der Waals surface area contributed by atoms with Crippen LogP contribution in [0.15, 0.2) is 18.3 Å². The Hall–Kier alpha value is -0.670. The van der Waals surface area contributed by atoms with E-state index < -0.39 is 12.7 Å². The van der Waals surface area contributed by atoms with E-state index in [0.29, 0.717) is 10.7 Å². The van der Waals surface area contributed by atoms with Crippen molar-refractivity contribution in [2.24, 2.45) is 5.73 Å². The molecule has 0 aliphatic carbocycles. The maximum Gasteiger partial charge on any atom is 0.129 e. The first-order valence-corrected chi connectivity index (χ1v) is 3.55. The third-order valence-electron chi connectivity index (χ3n) is 1.34. The molecule has 4 heteroatoms. The van der Waals surface area contributed by atoms with Gasteiger partial charge in [-0.15, -0.1) is 0 Å². The van der Waals surface area contributed by atoms with Gasteiger partial charge in [0.05, 0.1) is 6.04 Å². The van der Waals surface area contributed by atoms with E-state index in [4.69, 9.17) is 17.3 Å². The van der Waals surface area contributed by atoms with Crippen molar-refractivity contribution >= 4 is 11.6 Å². The number of halogens is 2. The topological polar surface area (TPSA) is 38.9 Å². The summed E-state index contributed by atoms with van der Waals surface area (Å²) in [4.78, 5) is 3.77. The molecule has 1 aromatic heterocycles. The Morgan fingerprint density at radius 2 is 2.36 bits per heavy atom. The van der Waals surface area contributed by atoms with Gasteiger partial charge >= 0.3 is 0 Å². The lowest BCUT2D eigenvalue weighted by atomic mass is 10.1. The van der Waals surface area contributed by atoms with Gasteiger partial charge in [0, 0.05) is 6.20 Å². The summed E-state index contributed by atoms with van der Waals surface area (Å²) in [7, 11) is 0. The van der Waals surface area contributed by atoms with Crippen LogP contribution in [0, 0.1) is 0 Å². The minimum absolute atomic E-state index is 0.389. The van der Waals surface area contributed by atoms with Gasteiger partial charge in [-0.2, -0.15) is 0 Å². The second-order valence-corrected chi connectivity index (χ2v) is 2.56. The molecule has 0 saturated carbocycles. The highest BCUT2D eigenvalue weighted by Crippen LogP contribution is 2.11. The van der Waals surface area contributed by atoms with Gasteiger partial charge in [0.25, 0.3) is 0 Å². The van der Waals surface area contributed by atoms with Crippen LogP contribution >= 0.6 is 11.6 Å². The molecule has 0 aliphatic rings. The van der Waals surface area contributed by atoms with Crippen LogP contribution in [0.1, 0.15) is 11.6 Å². The predicted molar refractivity (Wildman–Crippen MR) is 42.2 cm³/mol. The maximum atomic E-state index is 12.0. The molecule has 2 nitrogen and oxygen atoms in total. The van der Waals surface area contributed by atoms with Crippen LogP contribution in [0.25, 0.3) is 0 Å². The number of rotatable bonds is 2. The first-order valence-electron chi connectivity index (χ1n) is 3.17. The molecule has 1 heterocycles. The minimum Gasteiger partial charge on any atom is -0.322 e. The molecule has 0 aromatic carbocycles. The fourth-order valence-electron chi connectivity index (χ4n) is 0.696. The third-order valence-corrected chi connectivity index (χ3v) is 1.57. The van der Waals surface area contributed by atoms with Crippen LogP contribution < -0.4 is 5.73 Å². The highest BCUT2D eigenvalue weighted by atomic mass is 35.5. The van der Waals surface area contributed by atoms with E-state index in [9.17, 15) is 4.39 Å². The first-order chi connectivity index (χ1) is 5.24. The van der Waals surface area contributed by atoms with Crippen LogP contribution in [0.4, 0.5) is 4.39 Å². The lowest BCUT2D eigenvalue weighted by molar-refractivity contribution is 0.436. The van der Waals surface area contributed by atoms with E-state index in [2.05, 4.69) is 4.98 Å². The molecular weight excluding hydrogens is 167 g/mol. The summed E-state index contributed by atoms with van der Waals surface area (Å²) in [5, 5.41) is 0.389. The molecule has 0 aliphatic heterocycles. The van der Waals surface area contributed by atoms with E-state index in [1.54, 1.807) is 12.1 Å². The van der Waals surface area contributed by atoms with Crippen LogP contribution in [0.2, 0.25) is 5.15 Å². The van der Waals surface area contributed by atoms with E-state index >= 15 is 0 Å². The third kappa shape index (κ3) is 2.13. The molecule has 0 saturated heterocycles. The van der Waals surface area contributed by atoms with E-state index in [-0.39, 0.29) is 0 Å². The first kappa shape index (κ1) is 8.43. The highest BCUT2D eigenvalue weighted by Gasteiger charge is 2.04. The zero-order valence-corrected chi connectivity index (χ0v) is 6.55. The van der Waals surface area contributed by atoms with Gasteiger partial charge in [-0.25, -0.2) is 9.37 Å². The quantitative estimate of drug-likeness (QED) is 0.694.